The smallest absolute Gasteiger partial charge is 0.328 e. The van der Waals surface area contributed by atoms with Gasteiger partial charge in [0.05, 0.1) is 0 Å². The van der Waals surface area contributed by atoms with Gasteiger partial charge in [-0.3, -0.25) is 4.55 Å². The molecule has 16 heavy (non-hydrogen) atoms. The first-order valence-corrected chi connectivity index (χ1v) is 5.46. The quantitative estimate of drug-likeness (QED) is 0.534. The highest BCUT2D eigenvalue weighted by molar-refractivity contribution is 7.86. The molecule has 7 heteroatoms. The predicted octanol–water partition coefficient (Wildman–Crippen LogP) is 0.737. The topological polar surface area (TPSA) is 112 Å². The molecule has 86 valence electrons. The van der Waals surface area contributed by atoms with E-state index < -0.39 is 26.7 Å². The zero-order chi connectivity index (χ0) is 12.3. The summed E-state index contributed by atoms with van der Waals surface area (Å²) in [6.07, 6.45) is 2.01. The Labute approximate surface area is 91.2 Å². The molecule has 0 aliphatic rings. The van der Waals surface area contributed by atoms with E-state index in [0.29, 0.717) is 5.56 Å². The number of hydrogen-bond acceptors (Lipinski definition) is 4. The van der Waals surface area contributed by atoms with Crippen molar-refractivity contribution in [1.29, 1.82) is 0 Å². The second-order valence-corrected chi connectivity index (χ2v) is 4.26. The molecule has 0 fully saturated rings. The Hall–Kier alpha value is -1.86. The first-order chi connectivity index (χ1) is 7.30. The molecular weight excluding hydrogens is 236 g/mol. The van der Waals surface area contributed by atoms with E-state index in [4.69, 9.17) is 9.66 Å². The molecule has 0 unspecified atom stereocenters. The second-order valence-electron chi connectivity index (χ2n) is 2.87. The summed E-state index contributed by atoms with van der Waals surface area (Å²) in [5.74, 6) is -1.81. The van der Waals surface area contributed by atoms with Crippen molar-refractivity contribution in [3.8, 4) is 5.75 Å². The van der Waals surface area contributed by atoms with Gasteiger partial charge in [0.15, 0.2) is 0 Å². The van der Waals surface area contributed by atoms with Crippen molar-refractivity contribution in [2.75, 3.05) is 0 Å². The van der Waals surface area contributed by atoms with Crippen LogP contribution in [0.1, 0.15) is 5.56 Å². The van der Waals surface area contributed by atoms with E-state index in [9.17, 15) is 18.3 Å². The van der Waals surface area contributed by atoms with Crippen LogP contribution in [0.5, 0.6) is 5.75 Å². The molecule has 0 atom stereocenters. The van der Waals surface area contributed by atoms with Crippen molar-refractivity contribution in [1.82, 2.24) is 0 Å². The number of carboxylic acids is 1. The summed E-state index contributed by atoms with van der Waals surface area (Å²) in [6.45, 7) is 0. The van der Waals surface area contributed by atoms with Crippen molar-refractivity contribution in [3.05, 3.63) is 29.8 Å². The molecule has 0 radical (unpaired) electrons. The minimum absolute atomic E-state index is 0.298. The molecule has 0 saturated heterocycles. The number of aliphatic carboxylic acids is 1. The van der Waals surface area contributed by atoms with E-state index >= 15 is 0 Å². The second kappa shape index (κ2) is 4.33. The molecule has 3 N–H and O–H groups in total. The molecule has 0 saturated carbocycles. The standard InChI is InChI=1S/C9H8O6S/c10-7-5-6(2-4-9(11)12)1-3-8(7)16(13,14)15/h1-5,10H,(H,11,12)(H,13,14,15)/b4-2+. The number of carboxylic acid groups (broad SMARTS) is 1. The van der Waals surface area contributed by atoms with E-state index in [1.807, 2.05) is 0 Å². The first-order valence-electron chi connectivity index (χ1n) is 4.02. The van der Waals surface area contributed by atoms with E-state index in [-0.39, 0.29) is 0 Å². The molecule has 6 nitrogen and oxygen atoms in total. The minimum atomic E-state index is -4.47. The zero-order valence-electron chi connectivity index (χ0n) is 7.86. The molecule has 0 aliphatic carbocycles. The number of carbonyl (C=O) groups is 1. The maximum absolute atomic E-state index is 10.7. The van der Waals surface area contributed by atoms with Crippen molar-refractivity contribution in [2.24, 2.45) is 0 Å². The Morgan fingerprint density at radius 3 is 2.38 bits per heavy atom. The van der Waals surface area contributed by atoms with Crippen LogP contribution in [-0.2, 0) is 14.9 Å². The van der Waals surface area contributed by atoms with Gasteiger partial charge in [0.1, 0.15) is 10.6 Å². The molecule has 1 aromatic carbocycles. The average molecular weight is 244 g/mol. The van der Waals surface area contributed by atoms with Gasteiger partial charge in [-0.15, -0.1) is 0 Å². The molecule has 0 heterocycles. The highest BCUT2D eigenvalue weighted by Crippen LogP contribution is 2.23. The monoisotopic (exact) mass is 244 g/mol. The lowest BCUT2D eigenvalue weighted by atomic mass is 10.2. The van der Waals surface area contributed by atoms with E-state index in [1.54, 1.807) is 0 Å². The summed E-state index contributed by atoms with van der Waals surface area (Å²) in [4.78, 5) is 9.57. The fourth-order valence-corrected chi connectivity index (χ4v) is 1.59. The highest BCUT2D eigenvalue weighted by atomic mass is 32.2. The number of aromatic hydroxyl groups is 1. The number of phenolic OH excluding ortho intramolecular Hbond substituents is 1. The third kappa shape index (κ3) is 3.07. The van der Waals surface area contributed by atoms with Gasteiger partial charge in [-0.2, -0.15) is 8.42 Å². The van der Waals surface area contributed by atoms with Crippen LogP contribution in [0.15, 0.2) is 29.2 Å². The van der Waals surface area contributed by atoms with Crippen LogP contribution in [0.2, 0.25) is 0 Å². The lowest BCUT2D eigenvalue weighted by Crippen LogP contribution is -1.98. The Morgan fingerprint density at radius 2 is 1.94 bits per heavy atom. The van der Waals surface area contributed by atoms with Crippen LogP contribution in [0.3, 0.4) is 0 Å². The van der Waals surface area contributed by atoms with Gasteiger partial charge in [0, 0.05) is 6.08 Å². The predicted molar refractivity (Wildman–Crippen MR) is 54.6 cm³/mol. The Kier molecular flexibility index (Phi) is 3.31. The summed E-state index contributed by atoms with van der Waals surface area (Å²) in [5.41, 5.74) is 0.298. The van der Waals surface area contributed by atoms with E-state index in [1.165, 1.54) is 12.1 Å². The summed E-state index contributed by atoms with van der Waals surface area (Å²) in [6, 6.07) is 3.26. The van der Waals surface area contributed by atoms with Crippen LogP contribution < -0.4 is 0 Å². The van der Waals surface area contributed by atoms with Gasteiger partial charge in [0.2, 0.25) is 0 Å². The lowest BCUT2D eigenvalue weighted by molar-refractivity contribution is -0.131. The van der Waals surface area contributed by atoms with Gasteiger partial charge in [-0.05, 0) is 23.8 Å². The maximum atomic E-state index is 10.7. The van der Waals surface area contributed by atoms with E-state index in [0.717, 1.165) is 18.2 Å². The zero-order valence-corrected chi connectivity index (χ0v) is 8.68. The van der Waals surface area contributed by atoms with Crippen LogP contribution in [0, 0.1) is 0 Å². The summed E-state index contributed by atoms with van der Waals surface area (Å²) in [7, 11) is -4.47. The van der Waals surface area contributed by atoms with Gasteiger partial charge >= 0.3 is 5.97 Å². The molecule has 1 aromatic rings. The summed E-state index contributed by atoms with van der Waals surface area (Å²) in [5, 5.41) is 17.6. The SMILES string of the molecule is O=C(O)/C=C/c1ccc(S(=O)(=O)O)c(O)c1. The molecule has 0 bridgehead atoms. The van der Waals surface area contributed by atoms with Crippen molar-refractivity contribution in [3.63, 3.8) is 0 Å². The van der Waals surface area contributed by atoms with Crippen molar-refractivity contribution < 1.29 is 28.0 Å². The number of phenols is 1. The van der Waals surface area contributed by atoms with Crippen LogP contribution in [0.25, 0.3) is 6.08 Å². The number of rotatable bonds is 3. The first kappa shape index (κ1) is 12.2. The third-order valence-electron chi connectivity index (χ3n) is 1.68. The Balaban J connectivity index is 3.15. The molecule has 0 aromatic heterocycles. The highest BCUT2D eigenvalue weighted by Gasteiger charge is 2.14. The summed E-state index contributed by atoms with van der Waals surface area (Å²) >= 11 is 0. The lowest BCUT2D eigenvalue weighted by Gasteiger charge is -2.01. The van der Waals surface area contributed by atoms with Gasteiger partial charge in [0.25, 0.3) is 10.1 Å². The van der Waals surface area contributed by atoms with Crippen molar-refractivity contribution >= 4 is 22.2 Å². The third-order valence-corrected chi connectivity index (χ3v) is 2.58. The van der Waals surface area contributed by atoms with Gasteiger partial charge in [-0.25, -0.2) is 4.79 Å². The molecular formula is C9H8O6S. The van der Waals surface area contributed by atoms with Crippen molar-refractivity contribution in [2.45, 2.75) is 4.90 Å². The largest absolute Gasteiger partial charge is 0.506 e. The fourth-order valence-electron chi connectivity index (χ4n) is 1.02. The molecule has 1 rings (SSSR count). The van der Waals surface area contributed by atoms with E-state index in [2.05, 4.69) is 0 Å². The Morgan fingerprint density at radius 1 is 1.31 bits per heavy atom. The molecule has 0 amide bonds. The van der Waals surface area contributed by atoms with Gasteiger partial charge in [-0.1, -0.05) is 6.07 Å². The number of hydrogen-bond donors (Lipinski definition) is 3. The average Bonchev–Trinajstić information content (AvgIpc) is 2.12. The number of benzene rings is 1. The van der Waals surface area contributed by atoms with Crippen LogP contribution in [0.4, 0.5) is 0 Å². The fraction of sp³-hybridized carbons (Fsp3) is 0. The maximum Gasteiger partial charge on any atom is 0.328 e. The molecule has 0 aliphatic heterocycles. The Bertz CT molecular complexity index is 543. The van der Waals surface area contributed by atoms with Crippen LogP contribution in [-0.4, -0.2) is 29.2 Å². The molecule has 0 spiro atoms. The van der Waals surface area contributed by atoms with Crippen LogP contribution >= 0.6 is 0 Å². The minimum Gasteiger partial charge on any atom is -0.506 e. The normalized spacial score (nSPS) is 11.8. The van der Waals surface area contributed by atoms with Gasteiger partial charge < -0.3 is 10.2 Å². The summed E-state index contributed by atoms with van der Waals surface area (Å²) < 4.78 is 30.1.